The number of Topliss-reactive ketones (excluding diaryl/α,β-unsaturated/α-hetero) is 1. The average molecular weight is 633 g/mol. The van der Waals surface area contributed by atoms with Crippen LogP contribution in [0.4, 0.5) is 13.2 Å². The summed E-state index contributed by atoms with van der Waals surface area (Å²) in [5.41, 5.74) is -8.36. The highest BCUT2D eigenvalue weighted by atomic mass is 35.5. The maximum absolute atomic E-state index is 13.5. The van der Waals surface area contributed by atoms with Crippen LogP contribution < -0.4 is 14.2 Å². The number of carbonyl (C=O) groups excluding carboxylic acids is 1. The molecule has 3 rings (SSSR count). The summed E-state index contributed by atoms with van der Waals surface area (Å²) in [6.45, 7) is 1.43. The second kappa shape index (κ2) is 11.2. The molecule has 0 radical (unpaired) electrons. The van der Waals surface area contributed by atoms with Crippen LogP contribution in [-0.2, 0) is 29.7 Å². The monoisotopic (exact) mass is 632 g/mol. The Bertz CT molecular complexity index is 1460. The molecule has 1 heterocycles. The molecule has 214 valence electrons. The fourth-order valence-corrected chi connectivity index (χ4v) is 6.45. The van der Waals surface area contributed by atoms with Gasteiger partial charge < -0.3 is 14.6 Å². The van der Waals surface area contributed by atoms with Crippen LogP contribution in [0, 0.1) is 5.41 Å². The summed E-state index contributed by atoms with van der Waals surface area (Å²) in [6.07, 6.45) is 0.844. The van der Waals surface area contributed by atoms with Gasteiger partial charge in [-0.1, -0.05) is 35.3 Å². The van der Waals surface area contributed by atoms with Crippen molar-refractivity contribution in [2.45, 2.75) is 42.3 Å². The molecule has 0 unspecified atom stereocenters. The van der Waals surface area contributed by atoms with E-state index < -0.39 is 65.5 Å². The normalized spacial score (nSPS) is 18.8. The lowest BCUT2D eigenvalue weighted by Gasteiger charge is -2.35. The summed E-state index contributed by atoms with van der Waals surface area (Å²) in [6, 6.07) is 3.97. The van der Waals surface area contributed by atoms with Crippen LogP contribution in [0.25, 0.3) is 0 Å². The Hall–Kier alpha value is -2.43. The van der Waals surface area contributed by atoms with E-state index in [0.29, 0.717) is 13.0 Å². The van der Waals surface area contributed by atoms with E-state index >= 15 is 0 Å². The molecule has 1 fully saturated rings. The van der Waals surface area contributed by atoms with E-state index in [2.05, 4.69) is 14.2 Å². The van der Waals surface area contributed by atoms with Gasteiger partial charge in [0, 0.05) is 10.0 Å². The molecule has 17 heteroatoms. The number of carboxylic acids is 1. The van der Waals surface area contributed by atoms with Crippen LogP contribution in [0.3, 0.4) is 0 Å². The molecule has 0 amide bonds. The van der Waals surface area contributed by atoms with Gasteiger partial charge >= 0.3 is 21.6 Å². The standard InChI is InChI=1S/C22H21Cl2F3N2O8S2/c1-21(20(31)32,19(30)17-3-2-8-28-17)18(29-38(33,34)16-10-13(23)9-14(24)11-16)12-4-6-15(7-5-12)37-39(35,36)22(25,26)27/h4-7,9-11,17-18,28-29H,2-3,8H2,1H3,(H,31,32)/t17-,18+,21-/m0/s1. The van der Waals surface area contributed by atoms with Gasteiger partial charge in [-0.25, -0.2) is 13.1 Å². The van der Waals surface area contributed by atoms with Crippen molar-refractivity contribution in [1.29, 1.82) is 0 Å². The number of hydrogen-bond donors (Lipinski definition) is 3. The van der Waals surface area contributed by atoms with Gasteiger partial charge in [0.1, 0.15) is 11.2 Å². The molecule has 3 atom stereocenters. The molecule has 2 aromatic carbocycles. The fourth-order valence-electron chi connectivity index (χ4n) is 3.96. The van der Waals surface area contributed by atoms with Crippen molar-refractivity contribution in [3.8, 4) is 5.75 Å². The number of benzene rings is 2. The molecule has 0 spiro atoms. The number of sulfonamides is 1. The Kier molecular flexibility index (Phi) is 8.94. The van der Waals surface area contributed by atoms with Gasteiger partial charge in [0.05, 0.1) is 17.0 Å². The molecule has 0 bridgehead atoms. The van der Waals surface area contributed by atoms with Crippen LogP contribution in [0.5, 0.6) is 5.75 Å². The van der Waals surface area contributed by atoms with Gasteiger partial charge in [0.2, 0.25) is 10.0 Å². The van der Waals surface area contributed by atoms with E-state index in [4.69, 9.17) is 23.2 Å². The number of halogens is 5. The van der Waals surface area contributed by atoms with Crippen LogP contribution >= 0.6 is 23.2 Å². The Morgan fingerprint density at radius 2 is 1.64 bits per heavy atom. The summed E-state index contributed by atoms with van der Waals surface area (Å²) in [5, 5.41) is 12.9. The molecular weight excluding hydrogens is 612 g/mol. The molecule has 2 aromatic rings. The van der Waals surface area contributed by atoms with Gasteiger partial charge in [0.15, 0.2) is 5.78 Å². The van der Waals surface area contributed by atoms with Crippen molar-refractivity contribution in [3.05, 3.63) is 58.1 Å². The van der Waals surface area contributed by atoms with E-state index in [-0.39, 0.29) is 22.0 Å². The summed E-state index contributed by atoms with van der Waals surface area (Å²) in [4.78, 5) is 25.6. The van der Waals surface area contributed by atoms with E-state index in [9.17, 15) is 44.7 Å². The van der Waals surface area contributed by atoms with Crippen molar-refractivity contribution in [3.63, 3.8) is 0 Å². The highest BCUT2D eigenvalue weighted by molar-refractivity contribution is 7.89. The van der Waals surface area contributed by atoms with Crippen molar-refractivity contribution in [1.82, 2.24) is 10.0 Å². The van der Waals surface area contributed by atoms with Crippen LogP contribution in [-0.4, -0.2) is 51.8 Å². The van der Waals surface area contributed by atoms with Gasteiger partial charge in [-0.15, -0.1) is 0 Å². The molecule has 1 aliphatic rings. The first-order valence-electron chi connectivity index (χ1n) is 11.0. The third kappa shape index (κ3) is 6.66. The Labute approximate surface area is 231 Å². The van der Waals surface area contributed by atoms with Crippen molar-refractivity contribution >= 4 is 55.1 Å². The van der Waals surface area contributed by atoms with Gasteiger partial charge in [-0.05, 0) is 62.2 Å². The van der Waals surface area contributed by atoms with Gasteiger partial charge in [-0.3, -0.25) is 9.59 Å². The van der Waals surface area contributed by atoms with E-state index in [1.165, 1.54) is 6.07 Å². The first-order chi connectivity index (χ1) is 17.9. The molecule has 3 N–H and O–H groups in total. The lowest BCUT2D eigenvalue weighted by molar-refractivity contribution is -0.156. The minimum Gasteiger partial charge on any atom is -0.480 e. The SMILES string of the molecule is C[C@@](C(=O)O)(C(=O)[C@@H]1CCCN1)[C@H](NS(=O)(=O)c1cc(Cl)cc(Cl)c1)c1ccc(OS(=O)(=O)C(F)(F)F)cc1. The maximum Gasteiger partial charge on any atom is 0.534 e. The van der Waals surface area contributed by atoms with Crippen molar-refractivity contribution in [2.75, 3.05) is 6.54 Å². The second-order valence-electron chi connectivity index (χ2n) is 8.73. The minimum atomic E-state index is -6.02. The molecule has 10 nitrogen and oxygen atoms in total. The predicted octanol–water partition coefficient (Wildman–Crippen LogP) is 3.65. The maximum atomic E-state index is 13.5. The summed E-state index contributed by atoms with van der Waals surface area (Å²) in [5.74, 6) is -3.34. The lowest BCUT2D eigenvalue weighted by Crippen LogP contribution is -2.54. The first-order valence-corrected chi connectivity index (χ1v) is 14.6. The zero-order valence-corrected chi connectivity index (χ0v) is 23.0. The van der Waals surface area contributed by atoms with Gasteiger partial charge in [-0.2, -0.15) is 21.6 Å². The summed E-state index contributed by atoms with van der Waals surface area (Å²) < 4.78 is 93.6. The number of ketones is 1. The first kappa shape index (κ1) is 31.1. The Balaban J connectivity index is 2.12. The Morgan fingerprint density at radius 3 is 2.10 bits per heavy atom. The summed E-state index contributed by atoms with van der Waals surface area (Å²) in [7, 11) is -10.6. The lowest BCUT2D eigenvalue weighted by atomic mass is 9.73. The molecule has 0 aromatic heterocycles. The number of hydrogen-bond acceptors (Lipinski definition) is 8. The third-order valence-corrected chi connectivity index (χ3v) is 8.85. The highest BCUT2D eigenvalue weighted by Gasteiger charge is 2.53. The molecule has 1 aliphatic heterocycles. The second-order valence-corrected chi connectivity index (χ2v) is 12.9. The molecular formula is C22H21Cl2F3N2O8S2. The van der Waals surface area contributed by atoms with E-state index in [1.807, 2.05) is 0 Å². The summed E-state index contributed by atoms with van der Waals surface area (Å²) >= 11 is 11.8. The van der Waals surface area contributed by atoms with Crippen molar-refractivity contribution < 1.29 is 48.9 Å². The van der Waals surface area contributed by atoms with E-state index in [0.717, 1.165) is 43.3 Å². The predicted molar refractivity (Wildman–Crippen MR) is 133 cm³/mol. The van der Waals surface area contributed by atoms with Gasteiger partial charge in [0.25, 0.3) is 0 Å². The zero-order valence-electron chi connectivity index (χ0n) is 19.8. The molecule has 39 heavy (non-hydrogen) atoms. The number of carboxylic acid groups (broad SMARTS) is 1. The number of alkyl halides is 3. The highest BCUT2D eigenvalue weighted by Crippen LogP contribution is 2.40. The number of carbonyl (C=O) groups is 2. The largest absolute Gasteiger partial charge is 0.534 e. The topological polar surface area (TPSA) is 156 Å². The molecule has 1 saturated heterocycles. The number of aliphatic carboxylic acids is 1. The molecule has 0 saturated carbocycles. The number of nitrogens with one attached hydrogen (secondary N) is 2. The number of rotatable bonds is 10. The smallest absolute Gasteiger partial charge is 0.480 e. The Morgan fingerprint density at radius 1 is 1.08 bits per heavy atom. The van der Waals surface area contributed by atoms with Crippen molar-refractivity contribution in [2.24, 2.45) is 5.41 Å². The minimum absolute atomic E-state index is 0.0565. The zero-order chi connectivity index (χ0) is 29.4. The van der Waals surface area contributed by atoms with Crippen LogP contribution in [0.15, 0.2) is 47.4 Å². The van der Waals surface area contributed by atoms with Crippen LogP contribution in [0.2, 0.25) is 10.0 Å². The fraction of sp³-hybridized carbons (Fsp3) is 0.364. The van der Waals surface area contributed by atoms with Crippen LogP contribution in [0.1, 0.15) is 31.4 Å². The third-order valence-electron chi connectivity index (χ3n) is 6.03. The van der Waals surface area contributed by atoms with E-state index in [1.54, 1.807) is 0 Å². The average Bonchev–Trinajstić information content (AvgIpc) is 3.35. The quantitative estimate of drug-likeness (QED) is 0.202. The molecule has 0 aliphatic carbocycles.